The molecule has 0 aliphatic heterocycles. The van der Waals surface area contributed by atoms with Gasteiger partial charge in [0.1, 0.15) is 7.05 Å². The van der Waals surface area contributed by atoms with Crippen LogP contribution in [0.1, 0.15) is 21.5 Å². The van der Waals surface area contributed by atoms with Gasteiger partial charge in [-0.1, -0.05) is 36.4 Å². The fraction of sp³-hybridized carbons (Fsp3) is 0.130. The Kier molecular flexibility index (Phi) is 3.73. The Labute approximate surface area is 152 Å². The molecule has 1 heterocycles. The van der Waals surface area contributed by atoms with Gasteiger partial charge >= 0.3 is 5.97 Å². The van der Waals surface area contributed by atoms with E-state index in [2.05, 4.69) is 42.7 Å². The number of hydrogen-bond donors (Lipinski definition) is 1. The summed E-state index contributed by atoms with van der Waals surface area (Å²) >= 11 is 0. The van der Waals surface area contributed by atoms with Gasteiger partial charge in [0.25, 0.3) is 0 Å². The summed E-state index contributed by atoms with van der Waals surface area (Å²) in [5.74, 6) is -0.897. The summed E-state index contributed by atoms with van der Waals surface area (Å²) in [4.78, 5) is 12.0. The van der Waals surface area contributed by atoms with Gasteiger partial charge in [0.2, 0.25) is 11.0 Å². The number of fused-ring (bicyclic) bond motifs is 2. The number of pyridine rings is 1. The van der Waals surface area contributed by atoms with Crippen molar-refractivity contribution in [2.75, 3.05) is 0 Å². The summed E-state index contributed by atoms with van der Waals surface area (Å²) in [6, 6.07) is 20.0. The predicted molar refractivity (Wildman–Crippen MR) is 104 cm³/mol. The molecule has 128 valence electrons. The lowest BCUT2D eigenvalue weighted by Crippen LogP contribution is -2.31. The first-order valence-electron chi connectivity index (χ1n) is 8.63. The van der Waals surface area contributed by atoms with Crippen molar-refractivity contribution in [2.24, 2.45) is 7.05 Å². The number of aryl methyl sites for hydroxylation is 2. The minimum Gasteiger partial charge on any atom is -0.478 e. The van der Waals surface area contributed by atoms with Crippen LogP contribution in [0.2, 0.25) is 0 Å². The van der Waals surface area contributed by atoms with Crippen LogP contribution in [0.25, 0.3) is 32.9 Å². The lowest BCUT2D eigenvalue weighted by atomic mass is 9.94. The third-order valence-electron chi connectivity index (χ3n) is 5.29. The molecule has 3 aromatic carbocycles. The number of hydrogen-bond acceptors (Lipinski definition) is 1. The first-order chi connectivity index (χ1) is 12.5. The van der Waals surface area contributed by atoms with Crippen LogP contribution in [0.15, 0.2) is 60.7 Å². The molecule has 0 atom stereocenters. The van der Waals surface area contributed by atoms with E-state index in [1.807, 2.05) is 43.4 Å². The second-order valence-corrected chi connectivity index (χ2v) is 6.74. The lowest BCUT2D eigenvalue weighted by Gasteiger charge is -2.11. The van der Waals surface area contributed by atoms with Gasteiger partial charge in [-0.15, -0.1) is 0 Å². The Hall–Kier alpha value is -3.20. The average molecular weight is 342 g/mol. The largest absolute Gasteiger partial charge is 0.478 e. The summed E-state index contributed by atoms with van der Waals surface area (Å²) in [6.45, 7) is 4.23. The molecule has 0 radical (unpaired) electrons. The monoisotopic (exact) mass is 342 g/mol. The van der Waals surface area contributed by atoms with Crippen molar-refractivity contribution in [2.45, 2.75) is 13.8 Å². The van der Waals surface area contributed by atoms with Crippen LogP contribution in [-0.2, 0) is 7.05 Å². The molecular formula is C23H20NO2+. The van der Waals surface area contributed by atoms with Crippen molar-refractivity contribution >= 4 is 27.8 Å². The number of carbonyl (C=O) groups is 1. The molecule has 0 aliphatic carbocycles. The van der Waals surface area contributed by atoms with Crippen LogP contribution in [0.5, 0.6) is 0 Å². The second kappa shape index (κ2) is 5.95. The third-order valence-corrected chi connectivity index (χ3v) is 5.29. The molecule has 0 spiro atoms. The fourth-order valence-electron chi connectivity index (χ4n) is 3.73. The number of benzene rings is 3. The molecule has 3 heteroatoms. The Morgan fingerprint density at radius 2 is 1.62 bits per heavy atom. The molecule has 26 heavy (non-hydrogen) atoms. The van der Waals surface area contributed by atoms with E-state index in [1.165, 1.54) is 16.7 Å². The van der Waals surface area contributed by atoms with Crippen molar-refractivity contribution in [3.05, 3.63) is 77.4 Å². The highest BCUT2D eigenvalue weighted by molar-refractivity contribution is 6.12. The van der Waals surface area contributed by atoms with E-state index in [-0.39, 0.29) is 0 Å². The average Bonchev–Trinajstić information content (AvgIpc) is 2.64. The molecule has 1 N–H and O–H groups in total. The molecule has 0 saturated carbocycles. The van der Waals surface area contributed by atoms with E-state index in [0.29, 0.717) is 5.56 Å². The maximum atomic E-state index is 12.0. The quantitative estimate of drug-likeness (QED) is 0.420. The molecule has 0 amide bonds. The molecule has 1 aromatic heterocycles. The van der Waals surface area contributed by atoms with Crippen molar-refractivity contribution in [3.63, 3.8) is 0 Å². The molecule has 0 saturated heterocycles. The number of carboxylic acid groups (broad SMARTS) is 1. The minimum absolute atomic E-state index is 0.362. The highest BCUT2D eigenvalue weighted by Crippen LogP contribution is 2.31. The highest BCUT2D eigenvalue weighted by Gasteiger charge is 2.22. The van der Waals surface area contributed by atoms with E-state index in [4.69, 9.17) is 0 Å². The summed E-state index contributed by atoms with van der Waals surface area (Å²) < 4.78 is 2.08. The Morgan fingerprint density at radius 1 is 0.885 bits per heavy atom. The van der Waals surface area contributed by atoms with Gasteiger partial charge in [-0.05, 0) is 48.2 Å². The number of para-hydroxylation sites is 1. The van der Waals surface area contributed by atoms with Crippen molar-refractivity contribution in [1.82, 2.24) is 0 Å². The van der Waals surface area contributed by atoms with Crippen LogP contribution >= 0.6 is 0 Å². The first-order valence-corrected chi connectivity index (χ1v) is 8.63. The number of nitrogens with zero attached hydrogens (tertiary/aromatic N) is 1. The highest BCUT2D eigenvalue weighted by atomic mass is 16.4. The standard InChI is InChI=1S/C23H19NO2/c1-14-7-6-9-17(15(14)2)16-11-12-19-21(13-16)24(3)20-10-5-4-8-18(20)22(19)23(25)26/h4-13H,1-3H3/p+1. The van der Waals surface area contributed by atoms with Gasteiger partial charge < -0.3 is 5.11 Å². The molecular weight excluding hydrogens is 322 g/mol. The normalized spacial score (nSPS) is 11.2. The van der Waals surface area contributed by atoms with Gasteiger partial charge in [-0.3, -0.25) is 0 Å². The molecule has 0 aliphatic rings. The van der Waals surface area contributed by atoms with Crippen molar-refractivity contribution in [3.8, 4) is 11.1 Å². The third kappa shape index (κ3) is 2.36. The van der Waals surface area contributed by atoms with Crippen LogP contribution in [-0.4, -0.2) is 11.1 Å². The maximum Gasteiger partial charge on any atom is 0.337 e. The SMILES string of the molecule is Cc1cccc(-c2ccc3c(C(=O)O)c4ccccc4[n+](C)c3c2)c1C. The molecule has 0 fully saturated rings. The lowest BCUT2D eigenvalue weighted by molar-refractivity contribution is -0.617. The number of carboxylic acids is 1. The van der Waals surface area contributed by atoms with E-state index in [9.17, 15) is 9.90 Å². The molecule has 0 bridgehead atoms. The topological polar surface area (TPSA) is 41.2 Å². The summed E-state index contributed by atoms with van der Waals surface area (Å²) in [5, 5.41) is 11.3. The van der Waals surface area contributed by atoms with E-state index in [1.54, 1.807) is 0 Å². The fourth-order valence-corrected chi connectivity index (χ4v) is 3.73. The van der Waals surface area contributed by atoms with Crippen LogP contribution < -0.4 is 4.57 Å². The van der Waals surface area contributed by atoms with Gasteiger partial charge in [-0.25, -0.2) is 4.79 Å². The van der Waals surface area contributed by atoms with Crippen LogP contribution in [0.4, 0.5) is 0 Å². The van der Waals surface area contributed by atoms with Gasteiger partial charge in [0, 0.05) is 12.1 Å². The zero-order valence-electron chi connectivity index (χ0n) is 15.1. The number of aromatic carboxylic acids is 1. The van der Waals surface area contributed by atoms with Crippen molar-refractivity contribution < 1.29 is 14.5 Å². The first kappa shape index (κ1) is 16.3. The van der Waals surface area contributed by atoms with Gasteiger partial charge in [0.05, 0.1) is 16.3 Å². The molecule has 0 unspecified atom stereocenters. The van der Waals surface area contributed by atoms with E-state index < -0.39 is 5.97 Å². The Balaban J connectivity index is 2.12. The zero-order chi connectivity index (χ0) is 18.4. The number of rotatable bonds is 2. The molecule has 3 nitrogen and oxygen atoms in total. The van der Waals surface area contributed by atoms with Gasteiger partial charge in [0.15, 0.2) is 0 Å². The second-order valence-electron chi connectivity index (χ2n) is 6.74. The molecule has 4 rings (SSSR count). The summed E-state index contributed by atoms with van der Waals surface area (Å²) in [7, 11) is 1.99. The predicted octanol–water partition coefficient (Wildman–Crippen LogP) is 4.80. The van der Waals surface area contributed by atoms with E-state index in [0.717, 1.165) is 27.4 Å². The number of aromatic nitrogens is 1. The van der Waals surface area contributed by atoms with E-state index >= 15 is 0 Å². The zero-order valence-corrected chi connectivity index (χ0v) is 15.1. The smallest absolute Gasteiger partial charge is 0.337 e. The summed E-state index contributed by atoms with van der Waals surface area (Å²) in [5.41, 5.74) is 6.96. The molecule has 4 aromatic rings. The minimum atomic E-state index is -0.897. The summed E-state index contributed by atoms with van der Waals surface area (Å²) in [6.07, 6.45) is 0. The van der Waals surface area contributed by atoms with Crippen LogP contribution in [0, 0.1) is 13.8 Å². The van der Waals surface area contributed by atoms with Crippen LogP contribution in [0.3, 0.4) is 0 Å². The van der Waals surface area contributed by atoms with Gasteiger partial charge in [-0.2, -0.15) is 4.57 Å². The Bertz CT molecular complexity index is 1190. The maximum absolute atomic E-state index is 12.0. The Morgan fingerprint density at radius 3 is 2.38 bits per heavy atom. The van der Waals surface area contributed by atoms with Crippen molar-refractivity contribution in [1.29, 1.82) is 0 Å².